The number of aliphatic hydroxyl groups excluding tert-OH is 2. The van der Waals surface area contributed by atoms with Gasteiger partial charge >= 0.3 is 11.9 Å². The third-order valence-electron chi connectivity index (χ3n) is 11.3. The highest BCUT2D eigenvalue weighted by Gasteiger charge is 2.71. The second kappa shape index (κ2) is 9.90. The Morgan fingerprint density at radius 3 is 2.32 bits per heavy atom. The van der Waals surface area contributed by atoms with Gasteiger partial charge in [-0.25, -0.2) is 4.79 Å². The van der Waals surface area contributed by atoms with E-state index in [0.717, 1.165) is 18.4 Å². The maximum atomic E-state index is 12.6. The normalized spacial score (nSPS) is 47.5. The number of hydrogen-bond acceptors (Lipinski definition) is 6. The standard InChI is InChI=1S/C31H47NO6/c1-16(2)9-8-10-19(28(36)37)25-21-13-23(34)27-29(5)14-22(32)26(35)17(3)20(29)11-12-30(27,6)31(21,7)15-24(25)38-18(4)33/h8-10,17,20-24,26-27,34-35H,11-15,32H2,1-7H3,(H,36,37)/b10-8-,25-19-/t17-,20-,21-,22-,23+,24-,26-,27-,29-,30-,31-/m0/s1. The van der Waals surface area contributed by atoms with Crippen LogP contribution < -0.4 is 5.73 Å². The number of carbonyl (C=O) groups excluding carboxylic acids is 1. The highest BCUT2D eigenvalue weighted by Crippen LogP contribution is 2.74. The summed E-state index contributed by atoms with van der Waals surface area (Å²) in [7, 11) is 0. The van der Waals surface area contributed by atoms with Gasteiger partial charge in [0.15, 0.2) is 0 Å². The molecule has 5 N–H and O–H groups in total. The Morgan fingerprint density at radius 2 is 1.74 bits per heavy atom. The Kier molecular flexibility index (Phi) is 7.56. The van der Waals surface area contributed by atoms with Crippen molar-refractivity contribution >= 4 is 11.9 Å². The van der Waals surface area contributed by atoms with Crippen molar-refractivity contribution in [2.45, 2.75) is 105 Å². The minimum Gasteiger partial charge on any atom is -0.478 e. The van der Waals surface area contributed by atoms with Gasteiger partial charge in [-0.1, -0.05) is 45.4 Å². The molecule has 0 aliphatic heterocycles. The summed E-state index contributed by atoms with van der Waals surface area (Å²) in [6.45, 7) is 14.0. The van der Waals surface area contributed by atoms with Gasteiger partial charge in [0, 0.05) is 13.0 Å². The van der Waals surface area contributed by atoms with E-state index in [-0.39, 0.29) is 46.1 Å². The first-order valence-corrected chi connectivity index (χ1v) is 14.2. The van der Waals surface area contributed by atoms with Gasteiger partial charge in [0.2, 0.25) is 0 Å². The molecule has 4 aliphatic rings. The van der Waals surface area contributed by atoms with Gasteiger partial charge in [0.25, 0.3) is 0 Å². The molecule has 4 saturated carbocycles. The number of carbonyl (C=O) groups is 2. The van der Waals surface area contributed by atoms with E-state index >= 15 is 0 Å². The number of carboxylic acids is 1. The summed E-state index contributed by atoms with van der Waals surface area (Å²) in [5, 5.41) is 33.0. The highest BCUT2D eigenvalue weighted by atomic mass is 16.5. The lowest BCUT2D eigenvalue weighted by Gasteiger charge is -2.69. The van der Waals surface area contributed by atoms with Crippen LogP contribution in [0.1, 0.15) is 80.6 Å². The molecule has 7 nitrogen and oxygen atoms in total. The molecule has 7 heteroatoms. The number of aliphatic carboxylic acids is 1. The Hall–Kier alpha value is -1.96. The fraction of sp³-hybridized carbons (Fsp3) is 0.742. The fourth-order valence-electron chi connectivity index (χ4n) is 9.70. The lowest BCUT2D eigenvalue weighted by Crippen LogP contribution is -2.68. The topological polar surface area (TPSA) is 130 Å². The number of aliphatic hydroxyl groups is 2. The summed E-state index contributed by atoms with van der Waals surface area (Å²) in [4.78, 5) is 24.8. The van der Waals surface area contributed by atoms with Crippen LogP contribution in [0.2, 0.25) is 0 Å². The van der Waals surface area contributed by atoms with Crippen molar-refractivity contribution in [3.8, 4) is 0 Å². The van der Waals surface area contributed by atoms with Gasteiger partial charge in [0.05, 0.1) is 17.8 Å². The number of nitrogens with two attached hydrogens (primary N) is 1. The third kappa shape index (κ3) is 4.29. The molecule has 38 heavy (non-hydrogen) atoms. The summed E-state index contributed by atoms with van der Waals surface area (Å²) in [5.41, 5.74) is 7.29. The smallest absolute Gasteiger partial charge is 0.335 e. The van der Waals surface area contributed by atoms with Gasteiger partial charge in [-0.15, -0.1) is 0 Å². The average Bonchev–Trinajstić information content (AvgIpc) is 3.06. The minimum atomic E-state index is -1.06. The van der Waals surface area contributed by atoms with Crippen LogP contribution in [0.3, 0.4) is 0 Å². The molecule has 0 bridgehead atoms. The van der Waals surface area contributed by atoms with Crippen LogP contribution in [0.25, 0.3) is 0 Å². The summed E-state index contributed by atoms with van der Waals surface area (Å²) < 4.78 is 5.84. The zero-order valence-corrected chi connectivity index (χ0v) is 24.0. The Morgan fingerprint density at radius 1 is 1.08 bits per heavy atom. The van der Waals surface area contributed by atoms with E-state index < -0.39 is 35.7 Å². The van der Waals surface area contributed by atoms with E-state index in [1.165, 1.54) is 6.92 Å². The number of ether oxygens (including phenoxy) is 1. The summed E-state index contributed by atoms with van der Waals surface area (Å²) in [6, 6.07) is -0.349. The number of hydrogen-bond donors (Lipinski definition) is 4. The average molecular weight is 530 g/mol. The van der Waals surface area contributed by atoms with Crippen molar-refractivity contribution in [2.75, 3.05) is 0 Å². The van der Waals surface area contributed by atoms with Crippen molar-refractivity contribution in [3.63, 3.8) is 0 Å². The SMILES string of the molecule is CC(=O)O[C@H]1C[C@@]2(C)[C@@H](C[C@@H](O)[C@H]3[C@@]4(C)C[C@H](N)[C@@H](O)[C@@H](C)[C@@H]4CC[C@@]32C)/C1=C(\C=C/C=C(C)C)C(=O)O. The number of allylic oxidation sites excluding steroid dienone is 3. The van der Waals surface area contributed by atoms with Crippen molar-refractivity contribution in [2.24, 2.45) is 45.7 Å². The molecule has 4 rings (SSSR count). The molecule has 0 heterocycles. The maximum Gasteiger partial charge on any atom is 0.335 e. The zero-order chi connectivity index (χ0) is 28.4. The van der Waals surface area contributed by atoms with E-state index in [2.05, 4.69) is 27.7 Å². The second-order valence-corrected chi connectivity index (χ2v) is 13.6. The minimum absolute atomic E-state index is 0.0395. The molecule has 4 fully saturated rings. The van der Waals surface area contributed by atoms with Crippen LogP contribution >= 0.6 is 0 Å². The molecule has 0 spiro atoms. The van der Waals surface area contributed by atoms with Crippen molar-refractivity contribution in [1.82, 2.24) is 0 Å². The Bertz CT molecular complexity index is 1070. The van der Waals surface area contributed by atoms with Crippen LogP contribution in [0.5, 0.6) is 0 Å². The van der Waals surface area contributed by atoms with E-state index in [0.29, 0.717) is 24.8 Å². The number of carboxylic acid groups (broad SMARTS) is 1. The molecule has 0 saturated heterocycles. The molecule has 0 radical (unpaired) electrons. The zero-order valence-electron chi connectivity index (χ0n) is 24.0. The molecule has 11 atom stereocenters. The molecule has 4 aliphatic carbocycles. The predicted molar refractivity (Wildman–Crippen MR) is 146 cm³/mol. The van der Waals surface area contributed by atoms with E-state index in [4.69, 9.17) is 10.5 Å². The third-order valence-corrected chi connectivity index (χ3v) is 11.3. The molecular formula is C31H47NO6. The highest BCUT2D eigenvalue weighted by molar-refractivity contribution is 5.91. The van der Waals surface area contributed by atoms with Crippen molar-refractivity contribution in [1.29, 1.82) is 0 Å². The molecule has 0 aromatic heterocycles. The number of fused-ring (bicyclic) bond motifs is 5. The molecule has 0 amide bonds. The lowest BCUT2D eigenvalue weighted by molar-refractivity contribution is -0.236. The monoisotopic (exact) mass is 529 g/mol. The van der Waals surface area contributed by atoms with Crippen LogP contribution in [0.4, 0.5) is 0 Å². The van der Waals surface area contributed by atoms with Crippen LogP contribution in [0.15, 0.2) is 34.9 Å². The van der Waals surface area contributed by atoms with E-state index in [1.807, 2.05) is 19.9 Å². The molecule has 0 aromatic carbocycles. The Balaban J connectivity index is 1.87. The first kappa shape index (κ1) is 29.0. The Labute approximate surface area is 227 Å². The predicted octanol–water partition coefficient (Wildman–Crippen LogP) is 4.38. The van der Waals surface area contributed by atoms with Crippen molar-refractivity contribution in [3.05, 3.63) is 34.9 Å². The first-order chi connectivity index (χ1) is 17.6. The van der Waals surface area contributed by atoms with Crippen LogP contribution in [-0.4, -0.2) is 51.6 Å². The molecule has 212 valence electrons. The molecule has 0 aromatic rings. The summed E-state index contributed by atoms with van der Waals surface area (Å²) in [6.07, 6.45) is 6.65. The number of esters is 1. The molecule has 0 unspecified atom stereocenters. The molecular weight excluding hydrogens is 482 g/mol. The van der Waals surface area contributed by atoms with Crippen LogP contribution in [0, 0.1) is 39.9 Å². The van der Waals surface area contributed by atoms with Gasteiger partial charge in [0.1, 0.15) is 6.10 Å². The van der Waals surface area contributed by atoms with E-state index in [1.54, 1.807) is 12.2 Å². The van der Waals surface area contributed by atoms with Crippen LogP contribution in [-0.2, 0) is 14.3 Å². The lowest BCUT2D eigenvalue weighted by atomic mass is 9.36. The van der Waals surface area contributed by atoms with E-state index in [9.17, 15) is 24.9 Å². The summed E-state index contributed by atoms with van der Waals surface area (Å²) in [5.74, 6) is -1.52. The first-order valence-electron chi connectivity index (χ1n) is 14.2. The van der Waals surface area contributed by atoms with Gasteiger partial charge in [-0.3, -0.25) is 4.79 Å². The summed E-state index contributed by atoms with van der Waals surface area (Å²) >= 11 is 0. The second-order valence-electron chi connectivity index (χ2n) is 13.6. The maximum absolute atomic E-state index is 12.6. The van der Waals surface area contributed by atoms with Gasteiger partial charge < -0.3 is 25.8 Å². The number of rotatable bonds is 4. The fourth-order valence-corrected chi connectivity index (χ4v) is 9.70. The van der Waals surface area contributed by atoms with Crippen molar-refractivity contribution < 1.29 is 29.6 Å². The van der Waals surface area contributed by atoms with Gasteiger partial charge in [-0.05, 0) is 97.5 Å². The largest absolute Gasteiger partial charge is 0.478 e. The quantitative estimate of drug-likeness (QED) is 0.242. The van der Waals surface area contributed by atoms with Gasteiger partial charge in [-0.2, -0.15) is 0 Å².